The number of aromatic nitrogens is 3. The molecule has 0 aliphatic heterocycles. The van der Waals surface area contributed by atoms with Gasteiger partial charge >= 0.3 is 0 Å². The Balaban J connectivity index is 1.73. The van der Waals surface area contributed by atoms with Crippen molar-refractivity contribution in [2.75, 3.05) is 11.1 Å². The molecular weight excluding hydrogens is 363 g/mol. The third-order valence-electron chi connectivity index (χ3n) is 3.87. The molecule has 1 aromatic heterocycles. The molecule has 27 heavy (non-hydrogen) atoms. The number of amides is 1. The van der Waals surface area contributed by atoms with Gasteiger partial charge in [0.25, 0.3) is 0 Å². The zero-order chi connectivity index (χ0) is 19.2. The highest BCUT2D eigenvalue weighted by atomic mass is 32.2. The maximum Gasteiger partial charge on any atom is 0.234 e. The number of nitrogens with zero attached hydrogens (tertiary/aromatic N) is 3. The summed E-state index contributed by atoms with van der Waals surface area (Å²) in [4.78, 5) is 12.2. The Morgan fingerprint density at radius 2 is 1.96 bits per heavy atom. The number of halogens is 1. The van der Waals surface area contributed by atoms with E-state index in [0.29, 0.717) is 17.4 Å². The number of carbonyl (C=O) groups is 1. The second-order valence-corrected chi connectivity index (χ2v) is 6.81. The Morgan fingerprint density at radius 3 is 2.67 bits per heavy atom. The molecule has 1 N–H and O–H groups in total. The predicted molar refractivity (Wildman–Crippen MR) is 106 cm³/mol. The summed E-state index contributed by atoms with van der Waals surface area (Å²) in [5.74, 6) is 0.371. The minimum atomic E-state index is -0.344. The zero-order valence-corrected chi connectivity index (χ0v) is 15.7. The molecule has 138 valence electrons. The van der Waals surface area contributed by atoms with Crippen molar-refractivity contribution in [1.82, 2.24) is 14.8 Å². The molecule has 3 rings (SSSR count). The van der Waals surface area contributed by atoms with E-state index in [2.05, 4.69) is 22.1 Å². The van der Waals surface area contributed by atoms with Crippen molar-refractivity contribution in [3.8, 4) is 11.4 Å². The van der Waals surface area contributed by atoms with Gasteiger partial charge in [-0.2, -0.15) is 0 Å². The van der Waals surface area contributed by atoms with E-state index < -0.39 is 0 Å². The Hall–Kier alpha value is -2.93. The minimum absolute atomic E-state index is 0.167. The molecule has 0 bridgehead atoms. The lowest BCUT2D eigenvalue weighted by atomic mass is 10.1. The molecule has 0 spiro atoms. The molecule has 2 aromatic carbocycles. The van der Waals surface area contributed by atoms with Gasteiger partial charge in [-0.1, -0.05) is 42.1 Å². The van der Waals surface area contributed by atoms with Crippen LogP contribution in [-0.4, -0.2) is 26.4 Å². The lowest BCUT2D eigenvalue weighted by Gasteiger charge is -2.09. The lowest BCUT2D eigenvalue weighted by Crippen LogP contribution is -2.14. The topological polar surface area (TPSA) is 59.8 Å². The third-order valence-corrected chi connectivity index (χ3v) is 4.84. The van der Waals surface area contributed by atoms with E-state index in [9.17, 15) is 9.18 Å². The summed E-state index contributed by atoms with van der Waals surface area (Å²) in [6.07, 6.45) is 1.77. The number of aryl methyl sites for hydroxylation is 1. The fourth-order valence-corrected chi connectivity index (χ4v) is 3.32. The number of rotatable bonds is 7. The Labute approximate surface area is 161 Å². The van der Waals surface area contributed by atoms with Crippen molar-refractivity contribution >= 4 is 23.4 Å². The van der Waals surface area contributed by atoms with Gasteiger partial charge in [-0.25, -0.2) is 4.39 Å². The molecule has 0 aliphatic carbocycles. The average molecular weight is 382 g/mol. The number of hydrogen-bond acceptors (Lipinski definition) is 4. The summed E-state index contributed by atoms with van der Waals surface area (Å²) in [5, 5.41) is 11.9. The SMILES string of the molecule is C=CCn1c(SCC(=O)Nc2ccc(F)cc2)nnc1-c1ccccc1C. The molecular formula is C20H19FN4OS. The smallest absolute Gasteiger partial charge is 0.234 e. The first kappa shape index (κ1) is 18.8. The predicted octanol–water partition coefficient (Wildman–Crippen LogP) is 4.31. The fraction of sp³-hybridized carbons (Fsp3) is 0.150. The number of allylic oxidation sites excluding steroid dienone is 1. The van der Waals surface area contributed by atoms with Gasteiger partial charge in [0, 0.05) is 17.8 Å². The van der Waals surface area contributed by atoms with Crippen LogP contribution in [-0.2, 0) is 11.3 Å². The molecule has 3 aromatic rings. The first-order valence-electron chi connectivity index (χ1n) is 8.37. The van der Waals surface area contributed by atoms with Crippen LogP contribution in [0, 0.1) is 12.7 Å². The third kappa shape index (κ3) is 4.62. The summed E-state index contributed by atoms with van der Waals surface area (Å²) in [6, 6.07) is 13.6. The van der Waals surface area contributed by atoms with Crippen LogP contribution in [0.15, 0.2) is 66.3 Å². The van der Waals surface area contributed by atoms with Crippen LogP contribution in [0.3, 0.4) is 0 Å². The molecule has 0 radical (unpaired) electrons. The monoisotopic (exact) mass is 382 g/mol. The lowest BCUT2D eigenvalue weighted by molar-refractivity contribution is -0.113. The average Bonchev–Trinajstić information content (AvgIpc) is 3.05. The first-order chi connectivity index (χ1) is 13.1. The molecule has 0 atom stereocenters. The van der Waals surface area contributed by atoms with Crippen LogP contribution >= 0.6 is 11.8 Å². The van der Waals surface area contributed by atoms with Crippen molar-refractivity contribution in [1.29, 1.82) is 0 Å². The largest absolute Gasteiger partial charge is 0.325 e. The van der Waals surface area contributed by atoms with Crippen molar-refractivity contribution in [3.05, 3.63) is 72.6 Å². The molecule has 1 amide bonds. The summed E-state index contributed by atoms with van der Waals surface area (Å²) >= 11 is 1.29. The standard InChI is InChI=1S/C20H19FN4OS/c1-3-12-25-19(17-7-5-4-6-14(17)2)23-24-20(25)27-13-18(26)22-16-10-8-15(21)9-11-16/h3-11H,1,12-13H2,2H3,(H,22,26). The van der Waals surface area contributed by atoms with Crippen LogP contribution in [0.4, 0.5) is 10.1 Å². The van der Waals surface area contributed by atoms with Crippen LogP contribution in [0.2, 0.25) is 0 Å². The molecule has 0 fully saturated rings. The van der Waals surface area contributed by atoms with Crippen LogP contribution in [0.1, 0.15) is 5.56 Å². The van der Waals surface area contributed by atoms with Gasteiger partial charge in [0.2, 0.25) is 5.91 Å². The van der Waals surface area contributed by atoms with Crippen LogP contribution in [0.5, 0.6) is 0 Å². The number of benzene rings is 2. The molecule has 0 saturated carbocycles. The molecule has 7 heteroatoms. The summed E-state index contributed by atoms with van der Waals surface area (Å²) in [6.45, 7) is 6.36. The van der Waals surface area contributed by atoms with E-state index in [1.165, 1.54) is 36.0 Å². The van der Waals surface area contributed by atoms with Crippen molar-refractivity contribution in [3.63, 3.8) is 0 Å². The zero-order valence-electron chi connectivity index (χ0n) is 14.9. The van der Waals surface area contributed by atoms with E-state index in [1.807, 2.05) is 35.8 Å². The van der Waals surface area contributed by atoms with Gasteiger partial charge in [0.1, 0.15) is 5.82 Å². The molecule has 0 saturated heterocycles. The maximum atomic E-state index is 12.9. The molecule has 0 unspecified atom stereocenters. The number of nitrogens with one attached hydrogen (secondary N) is 1. The van der Waals surface area contributed by atoms with Crippen molar-refractivity contribution in [2.24, 2.45) is 0 Å². The van der Waals surface area contributed by atoms with Gasteiger partial charge in [-0.15, -0.1) is 16.8 Å². The Morgan fingerprint density at radius 1 is 1.22 bits per heavy atom. The summed E-state index contributed by atoms with van der Waals surface area (Å²) in [7, 11) is 0. The number of hydrogen-bond donors (Lipinski definition) is 1. The van der Waals surface area contributed by atoms with Crippen LogP contribution in [0.25, 0.3) is 11.4 Å². The van der Waals surface area contributed by atoms with Gasteiger partial charge in [0.05, 0.1) is 5.75 Å². The van der Waals surface area contributed by atoms with E-state index in [0.717, 1.165) is 17.0 Å². The fourth-order valence-electron chi connectivity index (χ4n) is 2.57. The second-order valence-electron chi connectivity index (χ2n) is 5.86. The summed E-state index contributed by atoms with van der Waals surface area (Å²) in [5.41, 5.74) is 2.64. The second kappa shape index (κ2) is 8.64. The highest BCUT2D eigenvalue weighted by molar-refractivity contribution is 7.99. The minimum Gasteiger partial charge on any atom is -0.325 e. The normalized spacial score (nSPS) is 10.6. The highest BCUT2D eigenvalue weighted by Gasteiger charge is 2.16. The van der Waals surface area contributed by atoms with Gasteiger partial charge < -0.3 is 5.32 Å². The Bertz CT molecular complexity index is 953. The molecule has 0 aliphatic rings. The first-order valence-corrected chi connectivity index (χ1v) is 9.35. The van der Waals surface area contributed by atoms with E-state index in [-0.39, 0.29) is 17.5 Å². The van der Waals surface area contributed by atoms with Crippen LogP contribution < -0.4 is 5.32 Å². The maximum absolute atomic E-state index is 12.9. The summed E-state index contributed by atoms with van der Waals surface area (Å²) < 4.78 is 14.9. The number of thioether (sulfide) groups is 1. The Kier molecular flexibility index (Phi) is 6.03. The number of anilines is 1. The van der Waals surface area contributed by atoms with Crippen molar-refractivity contribution in [2.45, 2.75) is 18.6 Å². The van der Waals surface area contributed by atoms with Crippen molar-refractivity contribution < 1.29 is 9.18 Å². The molecule has 5 nitrogen and oxygen atoms in total. The quantitative estimate of drug-likeness (QED) is 0.489. The van der Waals surface area contributed by atoms with Gasteiger partial charge in [-0.3, -0.25) is 9.36 Å². The van der Waals surface area contributed by atoms with E-state index >= 15 is 0 Å². The highest BCUT2D eigenvalue weighted by Crippen LogP contribution is 2.26. The van der Waals surface area contributed by atoms with Gasteiger partial charge in [-0.05, 0) is 36.8 Å². The van der Waals surface area contributed by atoms with E-state index in [1.54, 1.807) is 6.08 Å². The van der Waals surface area contributed by atoms with Gasteiger partial charge in [0.15, 0.2) is 11.0 Å². The molecule has 1 heterocycles. The van der Waals surface area contributed by atoms with E-state index in [4.69, 9.17) is 0 Å². The number of carbonyl (C=O) groups excluding carboxylic acids is 1.